The number of carbonyl (C=O) groups is 1. The first-order valence-electron chi connectivity index (χ1n) is 14.6. The van der Waals surface area contributed by atoms with E-state index in [0.29, 0.717) is 6.42 Å². The first kappa shape index (κ1) is 35.4. The highest BCUT2D eigenvalue weighted by atomic mass is 16.5. The lowest BCUT2D eigenvalue weighted by Crippen LogP contribution is -2.33. The molecule has 0 aliphatic heterocycles. The van der Waals surface area contributed by atoms with Gasteiger partial charge >= 0.3 is 5.97 Å². The Hall–Kier alpha value is -0.650. The van der Waals surface area contributed by atoms with E-state index in [1.165, 1.54) is 13.5 Å². The van der Waals surface area contributed by atoms with Crippen LogP contribution < -0.4 is 0 Å². The molecule has 0 fully saturated rings. The molecule has 0 aliphatic carbocycles. The van der Waals surface area contributed by atoms with Crippen LogP contribution in [0.15, 0.2) is 0 Å². The topological polar surface area (TPSA) is 54.0 Å². The van der Waals surface area contributed by atoms with Gasteiger partial charge in [0.05, 0.1) is 42.2 Å². The van der Waals surface area contributed by atoms with Gasteiger partial charge in [0.2, 0.25) is 0 Å². The van der Waals surface area contributed by atoms with Crippen LogP contribution in [0, 0.1) is 0 Å². The molecule has 0 amide bonds. The maximum atomic E-state index is 11.3. The van der Waals surface area contributed by atoms with E-state index >= 15 is 0 Å². The quantitative estimate of drug-likeness (QED) is 0.127. The molecule has 3 unspecified atom stereocenters. The Morgan fingerprint density at radius 2 is 0.917 bits per heavy atom. The fourth-order valence-electron chi connectivity index (χ4n) is 4.63. The van der Waals surface area contributed by atoms with Crippen molar-refractivity contribution in [2.24, 2.45) is 0 Å². The smallest absolute Gasteiger partial charge is 0.305 e. The van der Waals surface area contributed by atoms with E-state index in [0.717, 1.165) is 70.6 Å². The summed E-state index contributed by atoms with van der Waals surface area (Å²) in [6.07, 6.45) is 14.1. The van der Waals surface area contributed by atoms with Gasteiger partial charge < -0.3 is 18.9 Å². The third kappa shape index (κ3) is 22.5. The second kappa shape index (κ2) is 17.8. The highest BCUT2D eigenvalue weighted by Gasteiger charge is 2.25. The van der Waals surface area contributed by atoms with Crippen molar-refractivity contribution in [3.63, 3.8) is 0 Å². The molecule has 0 rings (SSSR count). The third-order valence-electron chi connectivity index (χ3n) is 5.93. The van der Waals surface area contributed by atoms with Gasteiger partial charge in [-0.2, -0.15) is 0 Å². The zero-order valence-electron chi connectivity index (χ0n) is 26.0. The van der Waals surface area contributed by atoms with Gasteiger partial charge in [0, 0.05) is 6.42 Å². The summed E-state index contributed by atoms with van der Waals surface area (Å²) in [5, 5.41) is 0. The SMILES string of the molecule is CCCC(CCC(CCC(CCCCCCCC(=O)OC)OC(C)(C)C)OC(C)(C)C)OC(C)(C)C. The van der Waals surface area contributed by atoms with Gasteiger partial charge in [-0.3, -0.25) is 4.79 Å². The van der Waals surface area contributed by atoms with E-state index in [2.05, 4.69) is 69.2 Å². The summed E-state index contributed by atoms with van der Waals surface area (Å²) in [5.74, 6) is -0.105. The highest BCUT2D eigenvalue weighted by molar-refractivity contribution is 5.68. The van der Waals surface area contributed by atoms with Gasteiger partial charge in [-0.1, -0.05) is 39.0 Å². The van der Waals surface area contributed by atoms with Gasteiger partial charge in [0.25, 0.3) is 0 Å². The fourth-order valence-corrected chi connectivity index (χ4v) is 4.63. The van der Waals surface area contributed by atoms with E-state index in [9.17, 15) is 4.79 Å². The number of hydrogen-bond donors (Lipinski definition) is 0. The number of unbranched alkanes of at least 4 members (excludes halogenated alkanes) is 4. The van der Waals surface area contributed by atoms with E-state index in [-0.39, 0.29) is 41.1 Å². The molecular weight excluding hydrogens is 452 g/mol. The van der Waals surface area contributed by atoms with Gasteiger partial charge in [0.1, 0.15) is 0 Å². The molecule has 3 atom stereocenters. The largest absolute Gasteiger partial charge is 0.469 e. The first-order chi connectivity index (χ1) is 16.5. The normalized spacial score (nSPS) is 15.5. The van der Waals surface area contributed by atoms with Gasteiger partial charge in [0.15, 0.2) is 0 Å². The van der Waals surface area contributed by atoms with Crippen LogP contribution in [0.5, 0.6) is 0 Å². The fraction of sp³-hybridized carbons (Fsp3) is 0.968. The number of hydrogen-bond acceptors (Lipinski definition) is 5. The van der Waals surface area contributed by atoms with Crippen LogP contribution in [0.4, 0.5) is 0 Å². The maximum absolute atomic E-state index is 11.3. The predicted octanol–water partition coefficient (Wildman–Crippen LogP) is 8.80. The minimum atomic E-state index is -0.166. The zero-order valence-corrected chi connectivity index (χ0v) is 26.0. The summed E-state index contributed by atoms with van der Waals surface area (Å²) in [4.78, 5) is 11.3. The average Bonchev–Trinajstić information content (AvgIpc) is 2.71. The van der Waals surface area contributed by atoms with E-state index in [1.54, 1.807) is 0 Å². The third-order valence-corrected chi connectivity index (χ3v) is 5.93. The molecule has 0 radical (unpaired) electrons. The van der Waals surface area contributed by atoms with Crippen molar-refractivity contribution in [1.29, 1.82) is 0 Å². The van der Waals surface area contributed by atoms with E-state index in [4.69, 9.17) is 18.9 Å². The lowest BCUT2D eigenvalue weighted by atomic mass is 9.97. The monoisotopic (exact) mass is 514 g/mol. The van der Waals surface area contributed by atoms with Crippen LogP contribution in [-0.2, 0) is 23.7 Å². The Labute approximate surface area is 224 Å². The lowest BCUT2D eigenvalue weighted by Gasteiger charge is -2.33. The van der Waals surface area contributed by atoms with Crippen molar-refractivity contribution in [1.82, 2.24) is 0 Å². The molecule has 0 N–H and O–H groups in total. The molecule has 0 saturated heterocycles. The van der Waals surface area contributed by atoms with E-state index in [1.807, 2.05) is 0 Å². The molecular formula is C31H62O5. The number of carbonyl (C=O) groups excluding carboxylic acids is 1. The Kier molecular flexibility index (Phi) is 17.5. The summed E-state index contributed by atoms with van der Waals surface area (Å²) >= 11 is 0. The predicted molar refractivity (Wildman–Crippen MR) is 152 cm³/mol. The molecule has 0 saturated carbocycles. The molecule has 0 aliphatic rings. The molecule has 0 aromatic rings. The van der Waals surface area contributed by atoms with Crippen LogP contribution in [0.1, 0.15) is 153 Å². The second-order valence-electron chi connectivity index (χ2n) is 13.4. The molecule has 0 aromatic carbocycles. The Balaban J connectivity index is 4.87. The number of esters is 1. The lowest BCUT2D eigenvalue weighted by molar-refractivity contribution is -0.140. The molecule has 0 spiro atoms. The number of rotatable bonds is 19. The molecule has 216 valence electrons. The van der Waals surface area contributed by atoms with Gasteiger partial charge in [-0.25, -0.2) is 0 Å². The van der Waals surface area contributed by atoms with Crippen molar-refractivity contribution in [3.8, 4) is 0 Å². The molecule has 5 nitrogen and oxygen atoms in total. The van der Waals surface area contributed by atoms with Crippen LogP contribution >= 0.6 is 0 Å². The minimum absolute atomic E-state index is 0.105. The summed E-state index contributed by atoms with van der Waals surface area (Å²) in [6.45, 7) is 21.6. The second-order valence-corrected chi connectivity index (χ2v) is 13.4. The summed E-state index contributed by atoms with van der Waals surface area (Å²) < 4.78 is 24.1. The molecule has 0 bridgehead atoms. The van der Waals surface area contributed by atoms with Crippen molar-refractivity contribution in [2.45, 2.75) is 188 Å². The highest BCUT2D eigenvalue weighted by Crippen LogP contribution is 2.27. The molecule has 36 heavy (non-hydrogen) atoms. The van der Waals surface area contributed by atoms with Gasteiger partial charge in [-0.15, -0.1) is 0 Å². The van der Waals surface area contributed by atoms with Crippen molar-refractivity contribution in [3.05, 3.63) is 0 Å². The summed E-state index contributed by atoms with van der Waals surface area (Å²) in [5.41, 5.74) is -0.441. The Morgan fingerprint density at radius 1 is 0.556 bits per heavy atom. The standard InChI is InChI=1S/C31H62O5/c1-12-18-25(34-29(2,3)4)21-23-27(36-31(8,9)10)24-22-26(35-30(5,6)7)19-16-14-13-15-17-20-28(32)33-11/h25-27H,12-24H2,1-11H3. The van der Waals surface area contributed by atoms with Crippen LogP contribution in [-0.4, -0.2) is 48.2 Å². The molecule has 0 heterocycles. The van der Waals surface area contributed by atoms with Gasteiger partial charge in [-0.05, 0) is 107 Å². The summed E-state index contributed by atoms with van der Waals surface area (Å²) in [6, 6.07) is 0. The first-order valence-corrected chi connectivity index (χ1v) is 14.6. The molecule has 0 aromatic heterocycles. The van der Waals surface area contributed by atoms with Crippen LogP contribution in [0.2, 0.25) is 0 Å². The van der Waals surface area contributed by atoms with Crippen molar-refractivity contribution in [2.75, 3.05) is 7.11 Å². The number of ether oxygens (including phenoxy) is 4. The Bertz CT molecular complexity index is 553. The van der Waals surface area contributed by atoms with Crippen LogP contribution in [0.3, 0.4) is 0 Å². The minimum Gasteiger partial charge on any atom is -0.469 e. The maximum Gasteiger partial charge on any atom is 0.305 e. The van der Waals surface area contributed by atoms with Crippen molar-refractivity contribution < 1.29 is 23.7 Å². The Morgan fingerprint density at radius 3 is 1.31 bits per heavy atom. The van der Waals surface area contributed by atoms with Crippen LogP contribution in [0.25, 0.3) is 0 Å². The number of methoxy groups -OCH3 is 1. The van der Waals surface area contributed by atoms with E-state index < -0.39 is 0 Å². The summed E-state index contributed by atoms with van der Waals surface area (Å²) in [7, 11) is 1.46. The van der Waals surface area contributed by atoms with Crippen molar-refractivity contribution >= 4 is 5.97 Å². The zero-order chi connectivity index (χ0) is 27.8. The molecule has 5 heteroatoms. The average molecular weight is 515 g/mol.